The van der Waals surface area contributed by atoms with Crippen LogP contribution in [0.4, 0.5) is 5.69 Å². The van der Waals surface area contributed by atoms with Crippen LogP contribution < -0.4 is 5.32 Å². The lowest BCUT2D eigenvalue weighted by atomic mass is 9.83. The van der Waals surface area contributed by atoms with Gasteiger partial charge in [-0.1, -0.05) is 18.2 Å². The first-order valence-electron chi connectivity index (χ1n) is 7.98. The molecule has 2 aliphatic heterocycles. The summed E-state index contributed by atoms with van der Waals surface area (Å²) in [4.78, 5) is 15.1. The summed E-state index contributed by atoms with van der Waals surface area (Å²) < 4.78 is 5.39. The highest BCUT2D eigenvalue weighted by Gasteiger charge is 2.47. The van der Waals surface area contributed by atoms with Crippen molar-refractivity contribution in [2.75, 3.05) is 25.0 Å². The summed E-state index contributed by atoms with van der Waals surface area (Å²) in [5.41, 5.74) is 0.431. The van der Waals surface area contributed by atoms with Gasteiger partial charge in [-0.2, -0.15) is 0 Å². The van der Waals surface area contributed by atoms with Crippen molar-refractivity contribution in [3.63, 3.8) is 0 Å². The molecular weight excluding hydrogens is 264 g/mol. The number of rotatable bonds is 4. The van der Waals surface area contributed by atoms with E-state index in [1.54, 1.807) is 0 Å². The Bertz CT molecular complexity index is 491. The van der Waals surface area contributed by atoms with Crippen LogP contribution in [0.15, 0.2) is 30.3 Å². The highest BCUT2D eigenvalue weighted by Crippen LogP contribution is 2.36. The van der Waals surface area contributed by atoms with Gasteiger partial charge in [-0.3, -0.25) is 0 Å². The minimum atomic E-state index is -0.567. The van der Waals surface area contributed by atoms with Crippen LogP contribution in [-0.2, 0) is 9.53 Å². The molecule has 0 bridgehead atoms. The van der Waals surface area contributed by atoms with Gasteiger partial charge >= 0.3 is 5.97 Å². The Balaban J connectivity index is 1.83. The zero-order valence-corrected chi connectivity index (χ0v) is 12.7. The molecule has 3 rings (SSSR count). The van der Waals surface area contributed by atoms with Crippen molar-refractivity contribution in [2.24, 2.45) is 0 Å². The number of carbonyl (C=O) groups is 1. The number of esters is 1. The minimum absolute atomic E-state index is 0.0968. The standard InChI is InChI=1S/C17H24N2O2/c1-2-21-16(20)17(18-14-7-4-3-5-8-14)10-12-19-11-6-9-15(19)13-17/h3-5,7-8,15,18H,2,6,9-13H2,1H3. The Labute approximate surface area is 126 Å². The first-order chi connectivity index (χ1) is 10.2. The van der Waals surface area contributed by atoms with Crippen LogP contribution in [0.5, 0.6) is 0 Å². The molecule has 114 valence electrons. The molecule has 2 saturated heterocycles. The summed E-state index contributed by atoms with van der Waals surface area (Å²) in [7, 11) is 0. The molecule has 0 spiro atoms. The third kappa shape index (κ3) is 2.91. The summed E-state index contributed by atoms with van der Waals surface area (Å²) >= 11 is 0. The lowest BCUT2D eigenvalue weighted by molar-refractivity contribution is -0.151. The Morgan fingerprint density at radius 3 is 2.95 bits per heavy atom. The molecule has 2 unspecified atom stereocenters. The first kappa shape index (κ1) is 14.4. The highest BCUT2D eigenvalue weighted by atomic mass is 16.5. The molecule has 2 fully saturated rings. The van der Waals surface area contributed by atoms with E-state index in [1.165, 1.54) is 19.4 Å². The molecule has 21 heavy (non-hydrogen) atoms. The van der Waals surface area contributed by atoms with Gasteiger partial charge in [0.2, 0.25) is 0 Å². The van der Waals surface area contributed by atoms with Gasteiger partial charge in [-0.05, 0) is 51.3 Å². The number of nitrogens with zero attached hydrogens (tertiary/aromatic N) is 1. The fourth-order valence-corrected chi connectivity index (χ4v) is 3.68. The Morgan fingerprint density at radius 2 is 2.19 bits per heavy atom. The Hall–Kier alpha value is -1.55. The van der Waals surface area contributed by atoms with E-state index >= 15 is 0 Å². The van der Waals surface area contributed by atoms with Crippen molar-refractivity contribution in [1.82, 2.24) is 4.90 Å². The maximum Gasteiger partial charge on any atom is 0.331 e. The van der Waals surface area contributed by atoms with E-state index in [2.05, 4.69) is 10.2 Å². The second-order valence-electron chi connectivity index (χ2n) is 6.08. The summed E-state index contributed by atoms with van der Waals surface area (Å²) in [6.07, 6.45) is 4.10. The van der Waals surface area contributed by atoms with Crippen LogP contribution in [0, 0.1) is 0 Å². The van der Waals surface area contributed by atoms with Crippen molar-refractivity contribution >= 4 is 11.7 Å². The van der Waals surface area contributed by atoms with Crippen LogP contribution in [-0.4, -0.2) is 42.1 Å². The van der Waals surface area contributed by atoms with E-state index in [0.717, 1.165) is 25.1 Å². The molecule has 0 amide bonds. The number of para-hydroxylation sites is 1. The fraction of sp³-hybridized carbons (Fsp3) is 0.588. The minimum Gasteiger partial charge on any atom is -0.464 e. The SMILES string of the molecule is CCOC(=O)C1(Nc2ccccc2)CCN2CCCC2C1. The Morgan fingerprint density at radius 1 is 1.38 bits per heavy atom. The maximum absolute atomic E-state index is 12.6. The second-order valence-corrected chi connectivity index (χ2v) is 6.08. The zero-order chi connectivity index (χ0) is 14.7. The molecule has 1 N–H and O–H groups in total. The normalized spacial score (nSPS) is 28.9. The quantitative estimate of drug-likeness (QED) is 0.865. The number of hydrogen-bond acceptors (Lipinski definition) is 4. The van der Waals surface area contributed by atoms with E-state index < -0.39 is 5.54 Å². The summed E-state index contributed by atoms with van der Waals surface area (Å²) in [5, 5.41) is 3.49. The lowest BCUT2D eigenvalue weighted by Crippen LogP contribution is -2.57. The van der Waals surface area contributed by atoms with E-state index in [1.807, 2.05) is 37.3 Å². The predicted octanol–water partition coefficient (Wildman–Crippen LogP) is 2.66. The molecule has 0 aliphatic carbocycles. The third-order valence-electron chi connectivity index (χ3n) is 4.73. The molecule has 0 saturated carbocycles. The average Bonchev–Trinajstić information content (AvgIpc) is 2.96. The molecular formula is C17H24N2O2. The van der Waals surface area contributed by atoms with Gasteiger partial charge in [0.25, 0.3) is 0 Å². The van der Waals surface area contributed by atoms with Crippen LogP contribution in [0.3, 0.4) is 0 Å². The molecule has 2 atom stereocenters. The zero-order valence-electron chi connectivity index (χ0n) is 12.7. The fourth-order valence-electron chi connectivity index (χ4n) is 3.68. The maximum atomic E-state index is 12.6. The summed E-state index contributed by atoms with van der Waals surface area (Å²) in [6, 6.07) is 10.5. The molecule has 2 aliphatic rings. The molecule has 2 heterocycles. The van der Waals surface area contributed by atoms with Crippen molar-refractivity contribution in [1.29, 1.82) is 0 Å². The largest absolute Gasteiger partial charge is 0.464 e. The first-order valence-corrected chi connectivity index (χ1v) is 7.98. The van der Waals surface area contributed by atoms with E-state index in [9.17, 15) is 4.79 Å². The monoisotopic (exact) mass is 288 g/mol. The van der Waals surface area contributed by atoms with Gasteiger partial charge in [0.1, 0.15) is 5.54 Å². The van der Waals surface area contributed by atoms with Crippen LogP contribution in [0.2, 0.25) is 0 Å². The number of nitrogens with one attached hydrogen (secondary N) is 1. The molecule has 0 aromatic heterocycles. The summed E-state index contributed by atoms with van der Waals surface area (Å²) in [6.45, 7) is 4.46. The number of piperidine rings is 1. The van der Waals surface area contributed by atoms with Crippen molar-refractivity contribution in [2.45, 2.75) is 44.2 Å². The molecule has 1 aromatic rings. The van der Waals surface area contributed by atoms with Gasteiger partial charge in [0.15, 0.2) is 0 Å². The van der Waals surface area contributed by atoms with Gasteiger partial charge in [0, 0.05) is 18.3 Å². The predicted molar refractivity (Wildman–Crippen MR) is 83.3 cm³/mol. The number of benzene rings is 1. The van der Waals surface area contributed by atoms with Crippen molar-refractivity contribution in [3.8, 4) is 0 Å². The number of ether oxygens (including phenoxy) is 1. The highest BCUT2D eigenvalue weighted by molar-refractivity contribution is 5.85. The van der Waals surface area contributed by atoms with Crippen LogP contribution in [0.25, 0.3) is 0 Å². The average molecular weight is 288 g/mol. The van der Waals surface area contributed by atoms with Crippen LogP contribution >= 0.6 is 0 Å². The van der Waals surface area contributed by atoms with Crippen molar-refractivity contribution < 1.29 is 9.53 Å². The van der Waals surface area contributed by atoms with Gasteiger partial charge < -0.3 is 15.0 Å². The van der Waals surface area contributed by atoms with E-state index in [4.69, 9.17) is 4.74 Å². The molecule has 4 heteroatoms. The van der Waals surface area contributed by atoms with E-state index in [-0.39, 0.29) is 5.97 Å². The topological polar surface area (TPSA) is 41.6 Å². The number of carbonyl (C=O) groups excluding carboxylic acids is 1. The smallest absolute Gasteiger partial charge is 0.331 e. The van der Waals surface area contributed by atoms with E-state index in [0.29, 0.717) is 12.6 Å². The van der Waals surface area contributed by atoms with Gasteiger partial charge in [-0.25, -0.2) is 4.79 Å². The third-order valence-corrected chi connectivity index (χ3v) is 4.73. The Kier molecular flexibility index (Phi) is 4.15. The number of hydrogen-bond donors (Lipinski definition) is 1. The number of fused-ring (bicyclic) bond motifs is 1. The number of anilines is 1. The van der Waals surface area contributed by atoms with Crippen LogP contribution in [0.1, 0.15) is 32.6 Å². The second kappa shape index (κ2) is 6.06. The van der Waals surface area contributed by atoms with Gasteiger partial charge in [0.05, 0.1) is 6.61 Å². The molecule has 0 radical (unpaired) electrons. The lowest BCUT2D eigenvalue weighted by Gasteiger charge is -2.43. The van der Waals surface area contributed by atoms with Gasteiger partial charge in [-0.15, -0.1) is 0 Å². The van der Waals surface area contributed by atoms with Crippen molar-refractivity contribution in [3.05, 3.63) is 30.3 Å². The molecule has 4 nitrogen and oxygen atoms in total. The molecule has 1 aromatic carbocycles. The summed E-state index contributed by atoms with van der Waals surface area (Å²) in [5.74, 6) is -0.0968.